The first kappa shape index (κ1) is 21.5. The molecule has 162 valence electrons. The molecule has 0 spiro atoms. The second-order valence-corrected chi connectivity index (χ2v) is 10.1. The smallest absolute Gasteiger partial charge is 0.225 e. The van der Waals surface area contributed by atoms with Gasteiger partial charge in [-0.3, -0.25) is 4.79 Å². The van der Waals surface area contributed by atoms with Crippen LogP contribution in [0.3, 0.4) is 0 Å². The lowest BCUT2D eigenvalue weighted by atomic mass is 9.90. The van der Waals surface area contributed by atoms with Crippen molar-refractivity contribution in [2.45, 2.75) is 22.1 Å². The van der Waals surface area contributed by atoms with Gasteiger partial charge in [0, 0.05) is 27.6 Å². The van der Waals surface area contributed by atoms with Crippen LogP contribution in [0.15, 0.2) is 51.6 Å². The molecule has 2 N–H and O–H groups in total. The van der Waals surface area contributed by atoms with E-state index in [2.05, 4.69) is 5.32 Å². The average molecular weight is 480 g/mol. The largest absolute Gasteiger partial charge is 0.502 e. The molecule has 7 nitrogen and oxygen atoms in total. The van der Waals surface area contributed by atoms with Gasteiger partial charge in [-0.2, -0.15) is 0 Å². The fraction of sp³-hybridized carbons (Fsp3) is 0.190. The maximum absolute atomic E-state index is 13.2. The number of ether oxygens (including phenoxy) is 2. The lowest BCUT2D eigenvalue weighted by Crippen LogP contribution is -2.23. The Bertz CT molecular complexity index is 1240. The predicted molar refractivity (Wildman–Crippen MR) is 118 cm³/mol. The number of anilines is 1. The quantitative estimate of drug-likeness (QED) is 0.561. The number of benzene rings is 2. The highest BCUT2D eigenvalue weighted by molar-refractivity contribution is 7.91. The third-order valence-electron chi connectivity index (χ3n) is 5.07. The standard InChI is InChI=1S/C21H18ClNO6S2/c1-28-15-7-11(8-16(29-2)20(15)25)14-9-18(24)23-19-17(10-30-21(14)19)31(26,27)13-5-3-12(22)4-6-13/h3-8,10,14,25H,9H2,1-2H3,(H,23,24)/t14-/m0/s1. The summed E-state index contributed by atoms with van der Waals surface area (Å²) in [6.07, 6.45) is 0.116. The Kier molecular flexibility index (Phi) is 5.59. The molecule has 1 aromatic heterocycles. The second kappa shape index (κ2) is 8.07. The third kappa shape index (κ3) is 3.73. The van der Waals surface area contributed by atoms with E-state index in [0.717, 1.165) is 0 Å². The summed E-state index contributed by atoms with van der Waals surface area (Å²) in [5.74, 6) is -0.480. The fourth-order valence-corrected chi connectivity index (χ4v) is 6.56. The molecule has 1 aliphatic rings. The van der Waals surface area contributed by atoms with E-state index >= 15 is 0 Å². The number of hydrogen-bond donors (Lipinski definition) is 2. The zero-order valence-corrected chi connectivity index (χ0v) is 18.9. The Balaban J connectivity index is 1.84. The zero-order chi connectivity index (χ0) is 22.3. The van der Waals surface area contributed by atoms with E-state index in [1.165, 1.54) is 55.2 Å². The Morgan fingerprint density at radius 2 is 1.74 bits per heavy atom. The van der Waals surface area contributed by atoms with Crippen molar-refractivity contribution in [2.75, 3.05) is 19.5 Å². The van der Waals surface area contributed by atoms with Crippen molar-refractivity contribution < 1.29 is 27.8 Å². The van der Waals surface area contributed by atoms with Crippen LogP contribution in [-0.2, 0) is 14.6 Å². The molecule has 0 aliphatic carbocycles. The lowest BCUT2D eigenvalue weighted by molar-refractivity contribution is -0.116. The van der Waals surface area contributed by atoms with Gasteiger partial charge in [0.15, 0.2) is 11.5 Å². The number of nitrogens with one attached hydrogen (secondary N) is 1. The number of thiophene rings is 1. The SMILES string of the molecule is COc1cc([C@@H]2CC(=O)Nc3c(S(=O)(=O)c4ccc(Cl)cc4)csc32)cc(OC)c1O. The maximum Gasteiger partial charge on any atom is 0.225 e. The van der Waals surface area contributed by atoms with Crippen LogP contribution >= 0.6 is 22.9 Å². The summed E-state index contributed by atoms with van der Waals surface area (Å²) in [7, 11) is -1.04. The highest BCUT2D eigenvalue weighted by Crippen LogP contribution is 2.48. The normalized spacial score (nSPS) is 15.8. The first-order valence-corrected chi connectivity index (χ1v) is 11.9. The number of hydrogen-bond acceptors (Lipinski definition) is 7. The minimum Gasteiger partial charge on any atom is -0.502 e. The number of phenolic OH excluding ortho intramolecular Hbond substituents is 1. The summed E-state index contributed by atoms with van der Waals surface area (Å²) in [6, 6.07) is 9.11. The lowest BCUT2D eigenvalue weighted by Gasteiger charge is -2.24. The van der Waals surface area contributed by atoms with Crippen molar-refractivity contribution in [1.82, 2.24) is 0 Å². The van der Waals surface area contributed by atoms with E-state index in [9.17, 15) is 18.3 Å². The number of carbonyl (C=O) groups excluding carboxylic acids is 1. The summed E-state index contributed by atoms with van der Waals surface area (Å²) in [5, 5.41) is 14.9. The maximum atomic E-state index is 13.2. The summed E-state index contributed by atoms with van der Waals surface area (Å²) < 4.78 is 36.9. The van der Waals surface area contributed by atoms with Gasteiger partial charge in [-0.15, -0.1) is 11.3 Å². The van der Waals surface area contributed by atoms with Gasteiger partial charge in [-0.05, 0) is 42.0 Å². The van der Waals surface area contributed by atoms with Crippen molar-refractivity contribution in [3.8, 4) is 17.2 Å². The van der Waals surface area contributed by atoms with Crippen molar-refractivity contribution in [3.05, 3.63) is 57.2 Å². The molecule has 1 aliphatic heterocycles. The molecular formula is C21H18ClNO6S2. The molecule has 10 heteroatoms. The van der Waals surface area contributed by atoms with Gasteiger partial charge in [0.2, 0.25) is 21.5 Å². The number of methoxy groups -OCH3 is 2. The summed E-state index contributed by atoms with van der Waals surface area (Å²) >= 11 is 7.13. The van der Waals surface area contributed by atoms with Crippen molar-refractivity contribution in [3.63, 3.8) is 0 Å². The molecule has 3 aromatic rings. The number of phenols is 1. The van der Waals surface area contributed by atoms with E-state index < -0.39 is 15.8 Å². The van der Waals surface area contributed by atoms with Crippen molar-refractivity contribution in [2.24, 2.45) is 0 Å². The average Bonchev–Trinajstić information content (AvgIpc) is 3.18. The molecule has 0 fully saturated rings. The number of sulfone groups is 1. The minimum atomic E-state index is -3.87. The summed E-state index contributed by atoms with van der Waals surface area (Å²) in [4.78, 5) is 13.3. The van der Waals surface area contributed by atoms with Crippen LogP contribution in [-0.4, -0.2) is 33.7 Å². The van der Waals surface area contributed by atoms with Crippen molar-refractivity contribution in [1.29, 1.82) is 0 Å². The molecule has 0 radical (unpaired) electrons. The number of fused-ring (bicyclic) bond motifs is 1. The summed E-state index contributed by atoms with van der Waals surface area (Å²) in [6.45, 7) is 0. The molecule has 2 aromatic carbocycles. The molecular weight excluding hydrogens is 462 g/mol. The molecule has 2 heterocycles. The Morgan fingerprint density at radius 1 is 1.13 bits per heavy atom. The molecule has 1 atom stereocenters. The van der Waals surface area contributed by atoms with Gasteiger partial charge in [0.05, 0.1) is 24.8 Å². The van der Waals surface area contributed by atoms with Gasteiger partial charge in [0.1, 0.15) is 4.90 Å². The van der Waals surface area contributed by atoms with Gasteiger partial charge in [-0.1, -0.05) is 11.6 Å². The first-order valence-electron chi connectivity index (χ1n) is 9.13. The molecule has 1 amide bonds. The van der Waals surface area contributed by atoms with E-state index in [0.29, 0.717) is 15.5 Å². The predicted octanol–water partition coefficient (Wildman–Crippen LogP) is 4.43. The number of carbonyl (C=O) groups is 1. The molecule has 4 rings (SSSR count). The van der Waals surface area contributed by atoms with Crippen LogP contribution in [0.4, 0.5) is 5.69 Å². The van der Waals surface area contributed by atoms with Crippen LogP contribution in [0.1, 0.15) is 22.8 Å². The van der Waals surface area contributed by atoms with Crippen molar-refractivity contribution >= 4 is 44.4 Å². The molecule has 31 heavy (non-hydrogen) atoms. The Morgan fingerprint density at radius 3 is 2.32 bits per heavy atom. The number of halogens is 1. The number of rotatable bonds is 5. The monoisotopic (exact) mass is 479 g/mol. The third-order valence-corrected chi connectivity index (χ3v) is 8.37. The Labute approximate surface area is 188 Å². The highest BCUT2D eigenvalue weighted by Gasteiger charge is 2.35. The van der Waals surface area contributed by atoms with Gasteiger partial charge in [-0.25, -0.2) is 8.42 Å². The molecule has 0 unspecified atom stereocenters. The van der Waals surface area contributed by atoms with Gasteiger partial charge in [0.25, 0.3) is 0 Å². The van der Waals surface area contributed by atoms with Crippen LogP contribution in [0.2, 0.25) is 5.02 Å². The van der Waals surface area contributed by atoms with Gasteiger partial charge < -0.3 is 19.9 Å². The van der Waals surface area contributed by atoms with E-state index in [4.69, 9.17) is 21.1 Å². The van der Waals surface area contributed by atoms with E-state index in [1.54, 1.807) is 12.1 Å². The van der Waals surface area contributed by atoms with E-state index in [1.807, 2.05) is 0 Å². The molecule has 0 saturated heterocycles. The van der Waals surface area contributed by atoms with Crippen LogP contribution in [0.25, 0.3) is 0 Å². The Hall–Kier alpha value is -2.75. The molecule has 0 saturated carbocycles. The van der Waals surface area contributed by atoms with Crippen LogP contribution < -0.4 is 14.8 Å². The molecule has 0 bridgehead atoms. The second-order valence-electron chi connectivity index (χ2n) is 6.88. The number of amides is 1. The fourth-order valence-electron chi connectivity index (χ4n) is 3.53. The zero-order valence-electron chi connectivity index (χ0n) is 16.5. The van der Waals surface area contributed by atoms with Crippen LogP contribution in [0.5, 0.6) is 17.2 Å². The first-order chi connectivity index (χ1) is 14.8. The van der Waals surface area contributed by atoms with Gasteiger partial charge >= 0.3 is 0 Å². The summed E-state index contributed by atoms with van der Waals surface area (Å²) in [5.41, 5.74) is 0.937. The number of aromatic hydroxyl groups is 1. The minimum absolute atomic E-state index is 0.0329. The topological polar surface area (TPSA) is 102 Å². The van der Waals surface area contributed by atoms with Crippen LogP contribution in [0, 0.1) is 0 Å². The van der Waals surface area contributed by atoms with E-state index in [-0.39, 0.29) is 45.1 Å². The highest BCUT2D eigenvalue weighted by atomic mass is 35.5.